The molecule has 2 rings (SSSR count). The highest BCUT2D eigenvalue weighted by Gasteiger charge is 2.33. The molecule has 0 spiro atoms. The molecule has 0 aromatic rings. The number of ether oxygens (including phenoxy) is 2. The Kier molecular flexibility index (Phi) is 3.40. The van der Waals surface area contributed by atoms with Gasteiger partial charge in [-0.1, -0.05) is 0 Å². The van der Waals surface area contributed by atoms with Crippen LogP contribution in [0.4, 0.5) is 4.79 Å². The van der Waals surface area contributed by atoms with Crippen molar-refractivity contribution in [1.29, 1.82) is 0 Å². The zero-order chi connectivity index (χ0) is 11.5. The third kappa shape index (κ3) is 2.33. The van der Waals surface area contributed by atoms with Crippen molar-refractivity contribution in [2.24, 2.45) is 0 Å². The van der Waals surface area contributed by atoms with E-state index in [-0.39, 0.29) is 24.8 Å². The van der Waals surface area contributed by atoms with Crippen LogP contribution in [0.5, 0.6) is 0 Å². The van der Waals surface area contributed by atoms with Crippen molar-refractivity contribution < 1.29 is 19.1 Å². The average Bonchev–Trinajstić information content (AvgIpc) is 2.53. The molecule has 0 aromatic heterocycles. The molecule has 2 aliphatic heterocycles. The summed E-state index contributed by atoms with van der Waals surface area (Å²) in [6, 6.07) is -0.235. The van der Waals surface area contributed by atoms with E-state index in [1.807, 2.05) is 0 Å². The van der Waals surface area contributed by atoms with E-state index in [1.165, 1.54) is 9.80 Å². The molecular weight excluding hydrogens is 212 g/mol. The van der Waals surface area contributed by atoms with Crippen LogP contribution in [0.25, 0.3) is 0 Å². The Labute approximate surface area is 94.1 Å². The first-order chi connectivity index (χ1) is 7.68. The van der Waals surface area contributed by atoms with E-state index in [9.17, 15) is 9.59 Å². The van der Waals surface area contributed by atoms with Crippen molar-refractivity contribution >= 4 is 11.9 Å². The summed E-state index contributed by atoms with van der Waals surface area (Å²) in [6.45, 7) is 1.91. The summed E-state index contributed by atoms with van der Waals surface area (Å²) in [6.07, 6.45) is 1.17. The summed E-state index contributed by atoms with van der Waals surface area (Å²) >= 11 is 0. The molecule has 0 atom stereocenters. The number of rotatable bonds is 3. The molecule has 6 nitrogen and oxygen atoms in total. The van der Waals surface area contributed by atoms with Gasteiger partial charge in [0.15, 0.2) is 6.29 Å². The van der Waals surface area contributed by atoms with Crippen LogP contribution in [-0.2, 0) is 14.3 Å². The van der Waals surface area contributed by atoms with Gasteiger partial charge < -0.3 is 14.4 Å². The van der Waals surface area contributed by atoms with Crippen LogP contribution < -0.4 is 0 Å². The van der Waals surface area contributed by atoms with Crippen LogP contribution in [0.15, 0.2) is 0 Å². The van der Waals surface area contributed by atoms with Gasteiger partial charge >= 0.3 is 6.03 Å². The quantitative estimate of drug-likeness (QED) is 0.640. The second kappa shape index (κ2) is 4.80. The first kappa shape index (κ1) is 11.3. The number of imide groups is 1. The fourth-order valence-corrected chi connectivity index (χ4v) is 1.83. The normalized spacial score (nSPS) is 23.3. The lowest BCUT2D eigenvalue weighted by atomic mass is 10.3. The van der Waals surface area contributed by atoms with Gasteiger partial charge in [-0.2, -0.15) is 0 Å². The largest absolute Gasteiger partial charge is 0.353 e. The van der Waals surface area contributed by atoms with Gasteiger partial charge in [0.05, 0.1) is 13.2 Å². The molecule has 0 radical (unpaired) electrons. The monoisotopic (exact) mass is 228 g/mol. The Hall–Kier alpha value is -1.14. The van der Waals surface area contributed by atoms with Crippen LogP contribution in [0.3, 0.4) is 0 Å². The van der Waals surface area contributed by atoms with Crippen LogP contribution in [0, 0.1) is 0 Å². The standard InChI is InChI=1S/C10H16N2O4/c1-11-7-8(13)12(10(11)14)4-3-9-15-5-2-6-16-9/h9H,2-7H2,1H3. The molecule has 2 aliphatic rings. The van der Waals surface area contributed by atoms with E-state index in [0.29, 0.717) is 26.2 Å². The number of nitrogens with zero attached hydrogens (tertiary/aromatic N) is 2. The smallest absolute Gasteiger partial charge is 0.326 e. The summed E-state index contributed by atoms with van der Waals surface area (Å²) in [5, 5.41) is 0. The molecule has 0 bridgehead atoms. The van der Waals surface area contributed by atoms with Gasteiger partial charge in [0.25, 0.3) is 0 Å². The molecule has 16 heavy (non-hydrogen) atoms. The number of carbonyl (C=O) groups is 2. The number of likely N-dealkylation sites (N-methyl/N-ethyl adjacent to an activating group) is 1. The van der Waals surface area contributed by atoms with Crippen molar-refractivity contribution in [3.63, 3.8) is 0 Å². The molecular formula is C10H16N2O4. The molecule has 0 saturated carbocycles. The highest BCUT2D eigenvalue weighted by atomic mass is 16.7. The van der Waals surface area contributed by atoms with Crippen LogP contribution >= 0.6 is 0 Å². The summed E-state index contributed by atoms with van der Waals surface area (Å²) in [5.74, 6) is -0.150. The van der Waals surface area contributed by atoms with Crippen molar-refractivity contribution in [3.05, 3.63) is 0 Å². The third-order valence-corrected chi connectivity index (χ3v) is 2.72. The summed E-state index contributed by atoms with van der Waals surface area (Å²) in [4.78, 5) is 25.6. The molecule has 6 heteroatoms. The minimum atomic E-state index is -0.278. The lowest BCUT2D eigenvalue weighted by Crippen LogP contribution is -2.36. The number of carbonyl (C=O) groups excluding carboxylic acids is 2. The minimum Gasteiger partial charge on any atom is -0.353 e. The zero-order valence-corrected chi connectivity index (χ0v) is 9.35. The third-order valence-electron chi connectivity index (χ3n) is 2.72. The fraction of sp³-hybridized carbons (Fsp3) is 0.800. The fourth-order valence-electron chi connectivity index (χ4n) is 1.83. The van der Waals surface area contributed by atoms with Crippen LogP contribution in [0.1, 0.15) is 12.8 Å². The van der Waals surface area contributed by atoms with E-state index in [1.54, 1.807) is 7.05 Å². The van der Waals surface area contributed by atoms with E-state index in [2.05, 4.69) is 0 Å². The van der Waals surface area contributed by atoms with E-state index in [4.69, 9.17) is 9.47 Å². The van der Waals surface area contributed by atoms with Gasteiger partial charge in [-0.25, -0.2) is 4.79 Å². The summed E-state index contributed by atoms with van der Waals surface area (Å²) < 4.78 is 10.7. The first-order valence-electron chi connectivity index (χ1n) is 5.47. The molecule has 0 unspecified atom stereocenters. The zero-order valence-electron chi connectivity index (χ0n) is 9.35. The van der Waals surface area contributed by atoms with Crippen molar-refractivity contribution in [2.45, 2.75) is 19.1 Å². The topological polar surface area (TPSA) is 59.1 Å². The lowest BCUT2D eigenvalue weighted by Gasteiger charge is -2.24. The van der Waals surface area contributed by atoms with Gasteiger partial charge in [0, 0.05) is 20.0 Å². The highest BCUT2D eigenvalue weighted by Crippen LogP contribution is 2.13. The Bertz CT molecular complexity index is 289. The maximum Gasteiger partial charge on any atom is 0.326 e. The van der Waals surface area contributed by atoms with E-state index < -0.39 is 0 Å². The molecule has 2 saturated heterocycles. The Morgan fingerprint density at radius 2 is 2.00 bits per heavy atom. The summed E-state index contributed by atoms with van der Waals surface area (Å²) in [7, 11) is 1.62. The number of urea groups is 1. The van der Waals surface area contributed by atoms with E-state index in [0.717, 1.165) is 6.42 Å². The molecule has 0 N–H and O–H groups in total. The van der Waals surface area contributed by atoms with Gasteiger partial charge in [-0.15, -0.1) is 0 Å². The first-order valence-corrected chi connectivity index (χ1v) is 5.47. The van der Waals surface area contributed by atoms with Crippen LogP contribution in [-0.4, -0.2) is 61.4 Å². The van der Waals surface area contributed by atoms with Gasteiger partial charge in [0.1, 0.15) is 6.54 Å². The average molecular weight is 228 g/mol. The molecule has 2 heterocycles. The van der Waals surface area contributed by atoms with Crippen molar-refractivity contribution in [2.75, 3.05) is 33.4 Å². The predicted molar refractivity (Wildman–Crippen MR) is 54.7 cm³/mol. The molecule has 0 aliphatic carbocycles. The molecule has 3 amide bonds. The SMILES string of the molecule is CN1CC(=O)N(CCC2OCCCO2)C1=O. The maximum atomic E-state index is 11.5. The number of amides is 3. The van der Waals surface area contributed by atoms with Crippen molar-refractivity contribution in [1.82, 2.24) is 9.80 Å². The maximum absolute atomic E-state index is 11.5. The number of hydrogen-bond acceptors (Lipinski definition) is 4. The predicted octanol–water partition coefficient (Wildman–Crippen LogP) is 0.0335. The lowest BCUT2D eigenvalue weighted by molar-refractivity contribution is -0.182. The molecule has 90 valence electrons. The van der Waals surface area contributed by atoms with Gasteiger partial charge in [0.2, 0.25) is 5.91 Å². The number of hydrogen-bond donors (Lipinski definition) is 0. The van der Waals surface area contributed by atoms with Gasteiger partial charge in [-0.05, 0) is 6.42 Å². The Morgan fingerprint density at radius 3 is 2.56 bits per heavy atom. The Morgan fingerprint density at radius 1 is 1.31 bits per heavy atom. The van der Waals surface area contributed by atoms with Gasteiger partial charge in [-0.3, -0.25) is 9.69 Å². The molecule has 2 fully saturated rings. The Balaban J connectivity index is 1.80. The second-order valence-electron chi connectivity index (χ2n) is 4.00. The van der Waals surface area contributed by atoms with Crippen LogP contribution in [0.2, 0.25) is 0 Å². The molecule has 0 aromatic carbocycles. The van der Waals surface area contributed by atoms with E-state index >= 15 is 0 Å². The summed E-state index contributed by atoms with van der Waals surface area (Å²) in [5.41, 5.74) is 0. The highest BCUT2D eigenvalue weighted by molar-refractivity contribution is 6.01. The minimum absolute atomic E-state index is 0.150. The van der Waals surface area contributed by atoms with Crippen molar-refractivity contribution in [3.8, 4) is 0 Å². The second-order valence-corrected chi connectivity index (χ2v) is 4.00.